The van der Waals surface area contributed by atoms with Crippen molar-refractivity contribution in [2.24, 2.45) is 0 Å². The molecule has 0 saturated heterocycles. The van der Waals surface area contributed by atoms with Crippen LogP contribution < -0.4 is 0 Å². The normalized spacial score (nSPS) is 19.4. The molecule has 1 aliphatic heterocycles. The van der Waals surface area contributed by atoms with Gasteiger partial charge in [-0.3, -0.25) is 0 Å². The van der Waals surface area contributed by atoms with Crippen LogP contribution in [0.2, 0.25) is 0 Å². The van der Waals surface area contributed by atoms with E-state index in [1.807, 2.05) is 24.8 Å². The Morgan fingerprint density at radius 2 is 2.25 bits per heavy atom. The summed E-state index contributed by atoms with van der Waals surface area (Å²) < 4.78 is 3.16. The fourth-order valence-electron chi connectivity index (χ4n) is 2.33. The van der Waals surface area contributed by atoms with Crippen molar-refractivity contribution in [2.45, 2.75) is 25.3 Å². The van der Waals surface area contributed by atoms with E-state index in [1.165, 1.54) is 24.1 Å². The lowest BCUT2D eigenvalue weighted by Crippen LogP contribution is -2.17. The van der Waals surface area contributed by atoms with Crippen LogP contribution in [0.3, 0.4) is 0 Å². The van der Waals surface area contributed by atoms with Gasteiger partial charge in [0.15, 0.2) is 0 Å². The van der Waals surface area contributed by atoms with Gasteiger partial charge in [0.2, 0.25) is 0 Å². The van der Waals surface area contributed by atoms with Crippen molar-refractivity contribution in [3.05, 3.63) is 46.7 Å². The average molecular weight is 278 g/mol. The van der Waals surface area contributed by atoms with E-state index in [1.54, 1.807) is 0 Å². The van der Waals surface area contributed by atoms with Crippen molar-refractivity contribution in [1.82, 2.24) is 14.5 Å². The second kappa shape index (κ2) is 4.01. The smallest absolute Gasteiger partial charge is 0.106 e. The molecule has 1 aliphatic rings. The molecule has 0 aliphatic carbocycles. The number of aromatic nitrogens is 3. The van der Waals surface area contributed by atoms with Crippen molar-refractivity contribution in [3.8, 4) is 0 Å². The van der Waals surface area contributed by atoms with Crippen molar-refractivity contribution in [2.75, 3.05) is 0 Å². The highest BCUT2D eigenvalue weighted by Gasteiger charge is 2.20. The first-order chi connectivity index (χ1) is 7.84. The second-order valence-corrected chi connectivity index (χ2v) is 4.93. The van der Waals surface area contributed by atoms with Gasteiger partial charge in [-0.15, -0.1) is 0 Å². The topological polar surface area (TPSA) is 30.7 Å². The van der Waals surface area contributed by atoms with Crippen LogP contribution in [-0.4, -0.2) is 14.5 Å². The van der Waals surface area contributed by atoms with E-state index in [4.69, 9.17) is 0 Å². The lowest BCUT2D eigenvalue weighted by Gasteiger charge is -2.25. The van der Waals surface area contributed by atoms with Gasteiger partial charge < -0.3 is 4.57 Å². The third-order valence-electron chi connectivity index (χ3n) is 3.13. The van der Waals surface area contributed by atoms with E-state index < -0.39 is 0 Å². The zero-order valence-electron chi connectivity index (χ0n) is 8.81. The monoisotopic (exact) mass is 277 g/mol. The van der Waals surface area contributed by atoms with Crippen molar-refractivity contribution in [3.63, 3.8) is 0 Å². The molecule has 2 aromatic rings. The Labute approximate surface area is 103 Å². The number of hydrogen-bond donors (Lipinski definition) is 0. The fourth-order valence-corrected chi connectivity index (χ4v) is 2.57. The summed E-state index contributed by atoms with van der Waals surface area (Å²) in [4.78, 5) is 8.52. The van der Waals surface area contributed by atoms with Crippen LogP contribution in [0, 0.1) is 0 Å². The summed E-state index contributed by atoms with van der Waals surface area (Å²) in [5.74, 6) is 0. The Balaban J connectivity index is 2.00. The predicted octanol–water partition coefficient (Wildman–Crippen LogP) is 2.97. The maximum Gasteiger partial charge on any atom is 0.106 e. The maximum absolute atomic E-state index is 4.29. The molecular weight excluding hydrogens is 266 g/mol. The minimum Gasteiger partial charge on any atom is -0.327 e. The van der Waals surface area contributed by atoms with Crippen LogP contribution in [0.1, 0.15) is 30.1 Å². The van der Waals surface area contributed by atoms with Gasteiger partial charge in [0.05, 0.1) is 12.4 Å². The minimum atomic E-state index is 0.409. The molecule has 0 radical (unpaired) electrons. The van der Waals surface area contributed by atoms with Crippen LogP contribution in [-0.2, 0) is 6.42 Å². The Kier molecular flexibility index (Phi) is 2.52. The summed E-state index contributed by atoms with van der Waals surface area (Å²) in [7, 11) is 0. The molecule has 82 valence electrons. The van der Waals surface area contributed by atoms with Crippen LogP contribution in [0.4, 0.5) is 0 Å². The molecule has 0 N–H and O–H groups in total. The van der Waals surface area contributed by atoms with E-state index in [2.05, 4.69) is 36.5 Å². The minimum absolute atomic E-state index is 0.409. The number of imidazole rings is 1. The highest BCUT2D eigenvalue weighted by Crippen LogP contribution is 2.30. The molecule has 3 rings (SSSR count). The molecule has 1 atom stereocenters. The van der Waals surface area contributed by atoms with E-state index in [0.29, 0.717) is 6.04 Å². The van der Waals surface area contributed by atoms with Crippen molar-refractivity contribution in [1.29, 1.82) is 0 Å². The molecule has 1 unspecified atom stereocenters. The second-order valence-electron chi connectivity index (χ2n) is 4.11. The quantitative estimate of drug-likeness (QED) is 0.751. The first kappa shape index (κ1) is 10.0. The lowest BCUT2D eigenvalue weighted by molar-refractivity contribution is 0.456. The first-order valence-corrected chi connectivity index (χ1v) is 6.26. The molecule has 16 heavy (non-hydrogen) atoms. The van der Waals surface area contributed by atoms with Gasteiger partial charge in [-0.2, -0.15) is 0 Å². The summed E-state index contributed by atoms with van der Waals surface area (Å²) in [5.41, 5.74) is 2.60. The molecule has 0 spiro atoms. The van der Waals surface area contributed by atoms with Gasteiger partial charge in [0.1, 0.15) is 4.60 Å². The number of pyridine rings is 1. The van der Waals surface area contributed by atoms with Crippen LogP contribution in [0.25, 0.3) is 0 Å². The van der Waals surface area contributed by atoms with Gasteiger partial charge in [-0.25, -0.2) is 9.97 Å². The molecule has 2 aromatic heterocycles. The number of nitrogens with zero attached hydrogens (tertiary/aromatic N) is 3. The summed E-state index contributed by atoms with van der Waals surface area (Å²) in [5, 5.41) is 0. The van der Waals surface area contributed by atoms with E-state index in [9.17, 15) is 0 Å². The lowest BCUT2D eigenvalue weighted by atomic mass is 9.98. The van der Waals surface area contributed by atoms with Gasteiger partial charge in [-0.05, 0) is 46.8 Å². The van der Waals surface area contributed by atoms with Crippen molar-refractivity contribution < 1.29 is 0 Å². The molecule has 0 fully saturated rings. The molecule has 3 heterocycles. The number of rotatable bonds is 1. The van der Waals surface area contributed by atoms with Gasteiger partial charge >= 0.3 is 0 Å². The Morgan fingerprint density at radius 1 is 1.31 bits per heavy atom. The molecule has 0 bridgehead atoms. The molecule has 3 nitrogen and oxygen atoms in total. The summed E-state index contributed by atoms with van der Waals surface area (Å²) in [6, 6.07) is 4.55. The number of halogens is 1. The Hall–Kier alpha value is -1.16. The SMILES string of the molecule is Brc1ccc(C2CCCc3cncn32)cn1. The fraction of sp³-hybridized carbons (Fsp3) is 0.333. The van der Waals surface area contributed by atoms with E-state index in [-0.39, 0.29) is 0 Å². The Bertz CT molecular complexity index is 489. The summed E-state index contributed by atoms with van der Waals surface area (Å²) in [6.07, 6.45) is 9.39. The standard InChI is InChI=1S/C12H12BrN3/c13-12-5-4-9(6-15-12)11-3-1-2-10-7-14-8-16(10)11/h4-8,11H,1-3H2. The zero-order chi connectivity index (χ0) is 11.0. The van der Waals surface area contributed by atoms with E-state index in [0.717, 1.165) is 11.0 Å². The highest BCUT2D eigenvalue weighted by molar-refractivity contribution is 9.10. The third-order valence-corrected chi connectivity index (χ3v) is 3.60. The van der Waals surface area contributed by atoms with Crippen LogP contribution in [0.15, 0.2) is 35.5 Å². The zero-order valence-corrected chi connectivity index (χ0v) is 10.4. The maximum atomic E-state index is 4.29. The predicted molar refractivity (Wildman–Crippen MR) is 65.2 cm³/mol. The molecular formula is C12H12BrN3. The van der Waals surface area contributed by atoms with Crippen LogP contribution in [0.5, 0.6) is 0 Å². The summed E-state index contributed by atoms with van der Waals surface area (Å²) in [6.45, 7) is 0. The number of aryl methyl sites for hydroxylation is 1. The first-order valence-electron chi connectivity index (χ1n) is 5.47. The molecule has 4 heteroatoms. The molecule has 0 saturated carbocycles. The summed E-state index contributed by atoms with van der Waals surface area (Å²) >= 11 is 3.36. The van der Waals surface area contributed by atoms with E-state index >= 15 is 0 Å². The number of hydrogen-bond acceptors (Lipinski definition) is 2. The highest BCUT2D eigenvalue weighted by atomic mass is 79.9. The molecule has 0 amide bonds. The average Bonchev–Trinajstić information content (AvgIpc) is 2.78. The van der Waals surface area contributed by atoms with Gasteiger partial charge in [0, 0.05) is 18.1 Å². The largest absolute Gasteiger partial charge is 0.327 e. The number of fused-ring (bicyclic) bond motifs is 1. The van der Waals surface area contributed by atoms with Gasteiger partial charge in [0.25, 0.3) is 0 Å². The Morgan fingerprint density at radius 3 is 3.06 bits per heavy atom. The van der Waals surface area contributed by atoms with Gasteiger partial charge in [-0.1, -0.05) is 6.07 Å². The third kappa shape index (κ3) is 1.67. The molecule has 0 aromatic carbocycles. The van der Waals surface area contributed by atoms with Crippen LogP contribution >= 0.6 is 15.9 Å². The van der Waals surface area contributed by atoms with Crippen molar-refractivity contribution >= 4 is 15.9 Å².